The van der Waals surface area contributed by atoms with Gasteiger partial charge in [0.05, 0.1) is 5.75 Å². The van der Waals surface area contributed by atoms with Crippen molar-refractivity contribution in [1.29, 1.82) is 0 Å². The summed E-state index contributed by atoms with van der Waals surface area (Å²) in [5.41, 5.74) is 5.16. The van der Waals surface area contributed by atoms with Gasteiger partial charge in [0.2, 0.25) is 5.91 Å². The van der Waals surface area contributed by atoms with E-state index in [-0.39, 0.29) is 5.91 Å². The lowest BCUT2D eigenvalue weighted by molar-refractivity contribution is -0.128. The maximum Gasteiger partial charge on any atom is 0.232 e. The number of hydrogen-bond acceptors (Lipinski definition) is 3. The Morgan fingerprint density at radius 2 is 1.73 bits per heavy atom. The molecule has 0 bridgehead atoms. The minimum atomic E-state index is 0.240. The molecule has 0 spiro atoms. The molecule has 3 rings (SSSR count). The van der Waals surface area contributed by atoms with Crippen LogP contribution in [0.15, 0.2) is 42.5 Å². The van der Waals surface area contributed by atoms with E-state index in [2.05, 4.69) is 36.9 Å². The second-order valence-electron chi connectivity index (χ2n) is 6.71. The Morgan fingerprint density at radius 3 is 2.42 bits per heavy atom. The van der Waals surface area contributed by atoms with Crippen LogP contribution in [0.1, 0.15) is 16.7 Å². The molecule has 2 aromatic carbocycles. The summed E-state index contributed by atoms with van der Waals surface area (Å²) in [6, 6.07) is 14.3. The predicted molar refractivity (Wildman–Crippen MR) is 112 cm³/mol. The van der Waals surface area contributed by atoms with E-state index in [0.29, 0.717) is 5.75 Å². The predicted octanol–water partition coefficient (Wildman–Crippen LogP) is 4.54. The number of anilines is 1. The fourth-order valence-electron chi connectivity index (χ4n) is 3.20. The van der Waals surface area contributed by atoms with Crippen molar-refractivity contribution in [2.75, 3.05) is 36.8 Å². The average Bonchev–Trinajstić information content (AvgIpc) is 2.66. The summed E-state index contributed by atoms with van der Waals surface area (Å²) >= 11 is 7.57. The number of piperazine rings is 1. The van der Waals surface area contributed by atoms with E-state index in [1.165, 1.54) is 22.4 Å². The molecule has 1 aliphatic heterocycles. The van der Waals surface area contributed by atoms with E-state index in [1.807, 2.05) is 29.2 Å². The molecule has 2 aromatic rings. The summed E-state index contributed by atoms with van der Waals surface area (Å²) in [6.07, 6.45) is 0. The second-order valence-corrected chi connectivity index (χ2v) is 8.13. The minimum absolute atomic E-state index is 0.240. The smallest absolute Gasteiger partial charge is 0.232 e. The number of amides is 1. The molecular formula is C21H25ClN2OS. The first kappa shape index (κ1) is 19.1. The minimum Gasteiger partial charge on any atom is -0.368 e. The molecule has 1 saturated heterocycles. The maximum absolute atomic E-state index is 12.5. The van der Waals surface area contributed by atoms with Crippen LogP contribution >= 0.6 is 23.4 Å². The summed E-state index contributed by atoms with van der Waals surface area (Å²) in [5.74, 6) is 1.61. The van der Waals surface area contributed by atoms with Crippen LogP contribution in [0.25, 0.3) is 0 Å². The zero-order valence-corrected chi connectivity index (χ0v) is 16.9. The van der Waals surface area contributed by atoms with E-state index in [4.69, 9.17) is 11.6 Å². The number of nitrogens with zero attached hydrogens (tertiary/aromatic N) is 2. The van der Waals surface area contributed by atoms with Crippen LogP contribution in [-0.2, 0) is 10.5 Å². The van der Waals surface area contributed by atoms with Gasteiger partial charge in [0, 0.05) is 42.6 Å². The van der Waals surface area contributed by atoms with Crippen LogP contribution in [0.3, 0.4) is 0 Å². The molecule has 5 heteroatoms. The zero-order valence-electron chi connectivity index (χ0n) is 15.4. The van der Waals surface area contributed by atoms with Crippen molar-refractivity contribution >= 4 is 35.0 Å². The Balaban J connectivity index is 1.46. The molecule has 0 saturated carbocycles. The summed E-state index contributed by atoms with van der Waals surface area (Å²) in [4.78, 5) is 16.9. The highest BCUT2D eigenvalue weighted by Gasteiger charge is 2.22. The first-order valence-electron chi connectivity index (χ1n) is 8.96. The maximum atomic E-state index is 12.5. The second kappa shape index (κ2) is 8.83. The Kier molecular flexibility index (Phi) is 6.49. The Morgan fingerprint density at radius 1 is 1.04 bits per heavy atom. The first-order chi connectivity index (χ1) is 12.5. The molecule has 0 radical (unpaired) electrons. The lowest BCUT2D eigenvalue weighted by Gasteiger charge is -2.37. The van der Waals surface area contributed by atoms with Crippen molar-refractivity contribution in [3.8, 4) is 0 Å². The number of hydrogen-bond donors (Lipinski definition) is 0. The quantitative estimate of drug-likeness (QED) is 0.751. The summed E-state index contributed by atoms with van der Waals surface area (Å²) < 4.78 is 0. The van der Waals surface area contributed by atoms with E-state index in [1.54, 1.807) is 11.8 Å². The lowest BCUT2D eigenvalue weighted by Crippen LogP contribution is -2.49. The van der Waals surface area contributed by atoms with Gasteiger partial charge in [-0.15, -0.1) is 11.8 Å². The third kappa shape index (κ3) is 4.74. The highest BCUT2D eigenvalue weighted by Crippen LogP contribution is 2.24. The molecule has 0 atom stereocenters. The molecular weight excluding hydrogens is 364 g/mol. The van der Waals surface area contributed by atoms with Crippen LogP contribution in [0, 0.1) is 13.8 Å². The van der Waals surface area contributed by atoms with Crippen molar-refractivity contribution in [2.45, 2.75) is 19.6 Å². The van der Waals surface area contributed by atoms with Crippen molar-refractivity contribution in [3.05, 3.63) is 64.2 Å². The fourth-order valence-corrected chi connectivity index (χ4v) is 4.22. The number of thioether (sulfide) groups is 1. The molecule has 0 aromatic heterocycles. The Bertz CT molecular complexity index is 755. The molecule has 1 fully saturated rings. The average molecular weight is 389 g/mol. The van der Waals surface area contributed by atoms with E-state index < -0.39 is 0 Å². The molecule has 26 heavy (non-hydrogen) atoms. The molecule has 0 aliphatic carbocycles. The Labute approximate surface area is 165 Å². The van der Waals surface area contributed by atoms with E-state index in [9.17, 15) is 4.79 Å². The van der Waals surface area contributed by atoms with Gasteiger partial charge in [0.1, 0.15) is 0 Å². The molecule has 1 heterocycles. The normalized spacial score (nSPS) is 14.6. The fraction of sp³-hybridized carbons (Fsp3) is 0.381. The van der Waals surface area contributed by atoms with Gasteiger partial charge in [-0.05, 0) is 48.7 Å². The number of benzene rings is 2. The largest absolute Gasteiger partial charge is 0.368 e. The molecule has 0 N–H and O–H groups in total. The first-order valence-corrected chi connectivity index (χ1v) is 10.5. The van der Waals surface area contributed by atoms with Gasteiger partial charge in [0.15, 0.2) is 0 Å². The van der Waals surface area contributed by atoms with Gasteiger partial charge in [-0.3, -0.25) is 4.79 Å². The van der Waals surface area contributed by atoms with Gasteiger partial charge in [-0.25, -0.2) is 0 Å². The number of rotatable bonds is 5. The van der Waals surface area contributed by atoms with E-state index in [0.717, 1.165) is 37.0 Å². The molecule has 3 nitrogen and oxygen atoms in total. The summed E-state index contributed by atoms with van der Waals surface area (Å²) in [7, 11) is 0. The SMILES string of the molecule is Cc1cccc(N2CCN(C(=O)CSCc3ccc(Cl)cc3)CC2)c1C. The standard InChI is InChI=1S/C21H25ClN2OS/c1-16-4-3-5-20(17(16)2)23-10-12-24(13-11-23)21(25)15-26-14-18-6-8-19(22)9-7-18/h3-9H,10-15H2,1-2H3. The van der Waals surface area contributed by atoms with Crippen molar-refractivity contribution in [2.24, 2.45) is 0 Å². The van der Waals surface area contributed by atoms with Crippen LogP contribution < -0.4 is 4.90 Å². The van der Waals surface area contributed by atoms with Crippen LogP contribution in [-0.4, -0.2) is 42.7 Å². The summed E-state index contributed by atoms with van der Waals surface area (Å²) in [6.45, 7) is 7.73. The monoisotopic (exact) mass is 388 g/mol. The van der Waals surface area contributed by atoms with E-state index >= 15 is 0 Å². The van der Waals surface area contributed by atoms with Crippen molar-refractivity contribution in [1.82, 2.24) is 4.90 Å². The Hall–Kier alpha value is -1.65. The zero-order chi connectivity index (χ0) is 18.5. The van der Waals surface area contributed by atoms with Gasteiger partial charge in [-0.1, -0.05) is 35.9 Å². The third-order valence-corrected chi connectivity index (χ3v) is 6.20. The number of halogens is 1. The van der Waals surface area contributed by atoms with Gasteiger partial charge in [-0.2, -0.15) is 0 Å². The molecule has 1 aliphatic rings. The van der Waals surface area contributed by atoms with Crippen molar-refractivity contribution in [3.63, 3.8) is 0 Å². The molecule has 0 unspecified atom stereocenters. The highest BCUT2D eigenvalue weighted by molar-refractivity contribution is 7.99. The topological polar surface area (TPSA) is 23.6 Å². The molecule has 1 amide bonds. The number of carbonyl (C=O) groups is 1. The number of carbonyl (C=O) groups excluding carboxylic acids is 1. The van der Waals surface area contributed by atoms with Gasteiger partial charge in [0.25, 0.3) is 0 Å². The third-order valence-electron chi connectivity index (χ3n) is 4.96. The van der Waals surface area contributed by atoms with Crippen LogP contribution in [0.4, 0.5) is 5.69 Å². The number of aryl methyl sites for hydroxylation is 1. The van der Waals surface area contributed by atoms with Crippen LogP contribution in [0.2, 0.25) is 5.02 Å². The summed E-state index contributed by atoms with van der Waals surface area (Å²) in [5, 5.41) is 0.747. The highest BCUT2D eigenvalue weighted by atomic mass is 35.5. The van der Waals surface area contributed by atoms with Crippen molar-refractivity contribution < 1.29 is 4.79 Å². The van der Waals surface area contributed by atoms with Crippen LogP contribution in [0.5, 0.6) is 0 Å². The van der Waals surface area contributed by atoms with Gasteiger partial charge >= 0.3 is 0 Å². The van der Waals surface area contributed by atoms with Gasteiger partial charge < -0.3 is 9.80 Å². The molecule has 138 valence electrons. The lowest BCUT2D eigenvalue weighted by atomic mass is 10.1.